The summed E-state index contributed by atoms with van der Waals surface area (Å²) >= 11 is 0. The molecule has 1 aliphatic carbocycles. The second-order valence-electron chi connectivity index (χ2n) is 5.53. The van der Waals surface area contributed by atoms with Crippen molar-refractivity contribution in [3.8, 4) is 0 Å². The maximum atomic E-state index is 4.47. The van der Waals surface area contributed by atoms with Gasteiger partial charge >= 0.3 is 0 Å². The average molecular weight is 255 g/mol. The summed E-state index contributed by atoms with van der Waals surface area (Å²) in [5.41, 5.74) is 6.75. The fourth-order valence-corrected chi connectivity index (χ4v) is 3.02. The molecule has 3 rings (SSSR count). The standard InChI is InChI=1S/C16H21N3/c1-11-16(12(2)19(3)18-11)10-17-15-8-13-6-4-5-7-14(13)9-15/h4-7,15,17H,8-10H2,1-3H3. The van der Waals surface area contributed by atoms with Gasteiger partial charge in [-0.25, -0.2) is 0 Å². The predicted octanol–water partition coefficient (Wildman–Crippen LogP) is 2.29. The fourth-order valence-electron chi connectivity index (χ4n) is 3.02. The minimum absolute atomic E-state index is 0.566. The van der Waals surface area contributed by atoms with Gasteiger partial charge in [-0.05, 0) is 37.8 Å². The van der Waals surface area contributed by atoms with E-state index in [2.05, 4.69) is 48.5 Å². The number of nitrogens with zero attached hydrogens (tertiary/aromatic N) is 2. The van der Waals surface area contributed by atoms with Gasteiger partial charge in [0.1, 0.15) is 0 Å². The second kappa shape index (κ2) is 4.82. The van der Waals surface area contributed by atoms with E-state index in [0.717, 1.165) is 25.1 Å². The first-order valence-corrected chi connectivity index (χ1v) is 6.94. The molecule has 0 amide bonds. The molecule has 1 aromatic heterocycles. The molecule has 0 bridgehead atoms. The van der Waals surface area contributed by atoms with Crippen LogP contribution in [0, 0.1) is 13.8 Å². The third-order valence-electron chi connectivity index (χ3n) is 4.28. The van der Waals surface area contributed by atoms with Crippen LogP contribution in [0.3, 0.4) is 0 Å². The molecule has 1 aliphatic rings. The van der Waals surface area contributed by atoms with Gasteiger partial charge in [0, 0.05) is 30.9 Å². The van der Waals surface area contributed by atoms with E-state index in [4.69, 9.17) is 0 Å². The van der Waals surface area contributed by atoms with Crippen molar-refractivity contribution in [2.24, 2.45) is 7.05 Å². The lowest BCUT2D eigenvalue weighted by molar-refractivity contribution is 0.530. The largest absolute Gasteiger partial charge is 0.309 e. The van der Waals surface area contributed by atoms with Crippen molar-refractivity contribution in [3.05, 3.63) is 52.3 Å². The van der Waals surface area contributed by atoms with Crippen molar-refractivity contribution in [3.63, 3.8) is 0 Å². The van der Waals surface area contributed by atoms with Gasteiger partial charge in [-0.1, -0.05) is 24.3 Å². The van der Waals surface area contributed by atoms with Crippen molar-refractivity contribution in [1.82, 2.24) is 15.1 Å². The highest BCUT2D eigenvalue weighted by atomic mass is 15.3. The molecular weight excluding hydrogens is 234 g/mol. The van der Waals surface area contributed by atoms with Crippen LogP contribution >= 0.6 is 0 Å². The Morgan fingerprint density at radius 3 is 2.37 bits per heavy atom. The number of aryl methyl sites for hydroxylation is 2. The first kappa shape index (κ1) is 12.4. The molecule has 0 saturated carbocycles. The highest BCUT2D eigenvalue weighted by Crippen LogP contribution is 2.22. The molecule has 0 atom stereocenters. The smallest absolute Gasteiger partial charge is 0.0641 e. The molecule has 0 unspecified atom stereocenters. The van der Waals surface area contributed by atoms with Crippen LogP contribution in [0.15, 0.2) is 24.3 Å². The average Bonchev–Trinajstić information content (AvgIpc) is 2.90. The minimum atomic E-state index is 0.566. The summed E-state index contributed by atoms with van der Waals surface area (Å²) in [6, 6.07) is 9.33. The first-order chi connectivity index (χ1) is 9.15. The van der Waals surface area contributed by atoms with Gasteiger partial charge < -0.3 is 5.32 Å². The van der Waals surface area contributed by atoms with Crippen LogP contribution in [0.4, 0.5) is 0 Å². The molecule has 0 spiro atoms. The topological polar surface area (TPSA) is 29.9 Å². The number of nitrogens with one attached hydrogen (secondary N) is 1. The molecule has 0 aliphatic heterocycles. The Kier molecular flexibility index (Phi) is 3.15. The van der Waals surface area contributed by atoms with E-state index >= 15 is 0 Å². The van der Waals surface area contributed by atoms with E-state index in [0.29, 0.717) is 6.04 Å². The van der Waals surface area contributed by atoms with Crippen molar-refractivity contribution in [2.75, 3.05) is 0 Å². The third kappa shape index (κ3) is 2.30. The number of aromatic nitrogens is 2. The van der Waals surface area contributed by atoms with Gasteiger partial charge in [0.15, 0.2) is 0 Å². The number of benzene rings is 1. The third-order valence-corrected chi connectivity index (χ3v) is 4.28. The van der Waals surface area contributed by atoms with E-state index in [9.17, 15) is 0 Å². The molecule has 19 heavy (non-hydrogen) atoms. The summed E-state index contributed by atoms with van der Waals surface area (Å²) in [6.07, 6.45) is 2.29. The van der Waals surface area contributed by atoms with E-state index in [1.54, 1.807) is 0 Å². The quantitative estimate of drug-likeness (QED) is 0.912. The maximum absolute atomic E-state index is 4.47. The molecule has 1 aromatic carbocycles. The summed E-state index contributed by atoms with van der Waals surface area (Å²) in [6.45, 7) is 5.15. The highest BCUT2D eigenvalue weighted by molar-refractivity contribution is 5.33. The summed E-state index contributed by atoms with van der Waals surface area (Å²) in [5.74, 6) is 0. The normalized spacial score (nSPS) is 14.9. The summed E-state index contributed by atoms with van der Waals surface area (Å²) in [4.78, 5) is 0. The molecule has 1 N–H and O–H groups in total. The molecule has 1 heterocycles. The van der Waals surface area contributed by atoms with E-state index in [1.807, 2.05) is 11.7 Å². The van der Waals surface area contributed by atoms with E-state index < -0.39 is 0 Å². The highest BCUT2D eigenvalue weighted by Gasteiger charge is 2.21. The maximum Gasteiger partial charge on any atom is 0.0641 e. The van der Waals surface area contributed by atoms with Gasteiger partial charge in [-0.2, -0.15) is 5.10 Å². The van der Waals surface area contributed by atoms with Crippen LogP contribution in [0.1, 0.15) is 28.1 Å². The Balaban J connectivity index is 1.66. The summed E-state index contributed by atoms with van der Waals surface area (Å²) in [5, 5.41) is 8.16. The molecule has 100 valence electrons. The van der Waals surface area contributed by atoms with Crippen molar-refractivity contribution >= 4 is 0 Å². The lowest BCUT2D eigenvalue weighted by Crippen LogP contribution is -2.29. The summed E-state index contributed by atoms with van der Waals surface area (Å²) in [7, 11) is 2.01. The van der Waals surface area contributed by atoms with Crippen LogP contribution in [-0.2, 0) is 26.4 Å². The first-order valence-electron chi connectivity index (χ1n) is 6.94. The van der Waals surface area contributed by atoms with E-state index in [-0.39, 0.29) is 0 Å². The Labute approximate surface area is 114 Å². The monoisotopic (exact) mass is 255 g/mol. The van der Waals surface area contributed by atoms with Crippen LogP contribution in [0.2, 0.25) is 0 Å². The number of rotatable bonds is 3. The van der Waals surface area contributed by atoms with Gasteiger partial charge in [-0.15, -0.1) is 0 Å². The van der Waals surface area contributed by atoms with Gasteiger partial charge in [-0.3, -0.25) is 4.68 Å². The molecule has 0 fully saturated rings. The molecule has 0 saturated heterocycles. The van der Waals surface area contributed by atoms with Gasteiger partial charge in [0.2, 0.25) is 0 Å². The van der Waals surface area contributed by atoms with Crippen LogP contribution in [0.25, 0.3) is 0 Å². The van der Waals surface area contributed by atoms with Crippen molar-refractivity contribution in [1.29, 1.82) is 0 Å². The Morgan fingerprint density at radius 2 is 1.84 bits per heavy atom. The second-order valence-corrected chi connectivity index (χ2v) is 5.53. The number of hydrogen-bond donors (Lipinski definition) is 1. The van der Waals surface area contributed by atoms with Crippen LogP contribution < -0.4 is 5.32 Å². The van der Waals surface area contributed by atoms with Crippen molar-refractivity contribution < 1.29 is 0 Å². The molecule has 3 heteroatoms. The van der Waals surface area contributed by atoms with E-state index in [1.165, 1.54) is 22.4 Å². The van der Waals surface area contributed by atoms with Crippen LogP contribution in [-0.4, -0.2) is 15.8 Å². The Morgan fingerprint density at radius 1 is 1.21 bits per heavy atom. The zero-order valence-electron chi connectivity index (χ0n) is 11.9. The van der Waals surface area contributed by atoms with Crippen LogP contribution in [0.5, 0.6) is 0 Å². The van der Waals surface area contributed by atoms with Crippen molar-refractivity contribution in [2.45, 2.75) is 39.3 Å². The zero-order valence-corrected chi connectivity index (χ0v) is 11.9. The SMILES string of the molecule is Cc1nn(C)c(C)c1CNC1Cc2ccccc2C1. The number of hydrogen-bond acceptors (Lipinski definition) is 2. The fraction of sp³-hybridized carbons (Fsp3) is 0.438. The Hall–Kier alpha value is -1.61. The molecule has 3 nitrogen and oxygen atoms in total. The molecule has 2 aromatic rings. The predicted molar refractivity (Wildman–Crippen MR) is 77.2 cm³/mol. The lowest BCUT2D eigenvalue weighted by atomic mass is 10.1. The van der Waals surface area contributed by atoms with Gasteiger partial charge in [0.05, 0.1) is 5.69 Å². The number of fused-ring (bicyclic) bond motifs is 1. The molecule has 0 radical (unpaired) electrons. The van der Waals surface area contributed by atoms with Gasteiger partial charge in [0.25, 0.3) is 0 Å². The minimum Gasteiger partial charge on any atom is -0.309 e. The zero-order chi connectivity index (χ0) is 13.4. The summed E-state index contributed by atoms with van der Waals surface area (Å²) < 4.78 is 1.97. The Bertz CT molecular complexity index is 573. The molecular formula is C16H21N3. The lowest BCUT2D eigenvalue weighted by Gasteiger charge is -2.12.